The van der Waals surface area contributed by atoms with E-state index in [1.807, 2.05) is 0 Å². The lowest BCUT2D eigenvalue weighted by atomic mass is 10.2. The molecule has 2 amide bonds. The van der Waals surface area contributed by atoms with Crippen molar-refractivity contribution in [2.24, 2.45) is 5.92 Å². The normalized spacial score (nSPS) is 13.8. The largest absolute Gasteiger partial charge is 0.480 e. The van der Waals surface area contributed by atoms with Gasteiger partial charge in [0, 0.05) is 13.1 Å². The van der Waals surface area contributed by atoms with Gasteiger partial charge in [0.2, 0.25) is 0 Å². The molecule has 0 bridgehead atoms. The molecule has 1 fully saturated rings. The fraction of sp³-hybridized carbons (Fsp3) is 0.429. The van der Waals surface area contributed by atoms with Crippen molar-refractivity contribution in [3.05, 3.63) is 35.6 Å². The summed E-state index contributed by atoms with van der Waals surface area (Å²) in [6, 6.07) is 5.50. The Morgan fingerprint density at radius 1 is 1.40 bits per heavy atom. The minimum atomic E-state index is -1.04. The van der Waals surface area contributed by atoms with E-state index < -0.39 is 12.0 Å². The number of nitrogens with zero attached hydrogens (tertiary/aromatic N) is 1. The fourth-order valence-electron chi connectivity index (χ4n) is 1.93. The first-order chi connectivity index (χ1) is 9.54. The smallest absolute Gasteiger partial charge is 0.323 e. The minimum Gasteiger partial charge on any atom is -0.480 e. The highest BCUT2D eigenvalue weighted by Gasteiger charge is 2.27. The summed E-state index contributed by atoms with van der Waals surface area (Å²) in [4.78, 5) is 24.0. The molecule has 1 aliphatic carbocycles. The van der Waals surface area contributed by atoms with E-state index in [-0.39, 0.29) is 18.9 Å². The van der Waals surface area contributed by atoms with Crippen molar-refractivity contribution in [2.75, 3.05) is 13.1 Å². The molecule has 1 saturated carbocycles. The summed E-state index contributed by atoms with van der Waals surface area (Å²) < 4.78 is 13.0. The standard InChI is InChI=1S/C14H17FN2O3/c15-12-3-1-2-11(6-12)7-16-14(20)17(9-13(18)19)8-10-4-5-10/h1-3,6,10H,4-5,7-9H2,(H,16,20)(H,18,19). The number of amides is 2. The van der Waals surface area contributed by atoms with Crippen molar-refractivity contribution in [3.8, 4) is 0 Å². The second-order valence-electron chi connectivity index (χ2n) is 5.01. The predicted octanol–water partition coefficient (Wildman–Crippen LogP) is 1.83. The van der Waals surface area contributed by atoms with Crippen LogP contribution in [0.25, 0.3) is 0 Å². The van der Waals surface area contributed by atoms with E-state index in [1.54, 1.807) is 12.1 Å². The number of rotatable bonds is 6. The second kappa shape index (κ2) is 6.36. The summed E-state index contributed by atoms with van der Waals surface area (Å²) in [5, 5.41) is 11.4. The zero-order chi connectivity index (χ0) is 14.5. The van der Waals surface area contributed by atoms with E-state index in [4.69, 9.17) is 5.11 Å². The van der Waals surface area contributed by atoms with Crippen molar-refractivity contribution in [3.63, 3.8) is 0 Å². The SMILES string of the molecule is O=C(O)CN(CC1CC1)C(=O)NCc1cccc(F)c1. The van der Waals surface area contributed by atoms with E-state index in [1.165, 1.54) is 17.0 Å². The van der Waals surface area contributed by atoms with Gasteiger partial charge >= 0.3 is 12.0 Å². The molecule has 0 unspecified atom stereocenters. The highest BCUT2D eigenvalue weighted by atomic mass is 19.1. The van der Waals surface area contributed by atoms with Crippen molar-refractivity contribution in [1.82, 2.24) is 10.2 Å². The van der Waals surface area contributed by atoms with Crippen LogP contribution in [0.3, 0.4) is 0 Å². The number of halogens is 1. The molecule has 6 heteroatoms. The highest BCUT2D eigenvalue weighted by molar-refractivity contribution is 5.80. The van der Waals surface area contributed by atoms with Crippen LogP contribution >= 0.6 is 0 Å². The summed E-state index contributed by atoms with van der Waals surface area (Å²) in [5.41, 5.74) is 0.639. The average molecular weight is 280 g/mol. The van der Waals surface area contributed by atoms with Crippen LogP contribution in [0, 0.1) is 11.7 Å². The third-order valence-corrected chi connectivity index (χ3v) is 3.12. The van der Waals surface area contributed by atoms with Crippen LogP contribution in [-0.4, -0.2) is 35.1 Å². The van der Waals surface area contributed by atoms with Gasteiger partial charge in [-0.1, -0.05) is 12.1 Å². The van der Waals surface area contributed by atoms with Crippen molar-refractivity contribution in [2.45, 2.75) is 19.4 Å². The summed E-state index contributed by atoms with van der Waals surface area (Å²) in [6.45, 7) is 0.324. The van der Waals surface area contributed by atoms with Gasteiger partial charge in [-0.2, -0.15) is 0 Å². The van der Waals surface area contributed by atoms with Crippen molar-refractivity contribution < 1.29 is 19.1 Å². The Hall–Kier alpha value is -2.11. The number of carboxylic acids is 1. The Kier molecular flexibility index (Phi) is 4.55. The van der Waals surface area contributed by atoms with E-state index in [9.17, 15) is 14.0 Å². The van der Waals surface area contributed by atoms with E-state index in [2.05, 4.69) is 5.32 Å². The fourth-order valence-corrected chi connectivity index (χ4v) is 1.93. The van der Waals surface area contributed by atoms with Gasteiger partial charge in [0.25, 0.3) is 0 Å². The molecular weight excluding hydrogens is 263 g/mol. The molecule has 108 valence electrons. The molecule has 1 aromatic carbocycles. The second-order valence-corrected chi connectivity index (χ2v) is 5.01. The number of hydrogen-bond donors (Lipinski definition) is 2. The molecule has 0 saturated heterocycles. The Morgan fingerprint density at radius 2 is 2.15 bits per heavy atom. The average Bonchev–Trinajstić information content (AvgIpc) is 3.19. The lowest BCUT2D eigenvalue weighted by Gasteiger charge is -2.21. The van der Waals surface area contributed by atoms with Crippen molar-refractivity contribution in [1.29, 1.82) is 0 Å². The monoisotopic (exact) mass is 280 g/mol. The van der Waals surface area contributed by atoms with E-state index in [0.717, 1.165) is 12.8 Å². The number of carboxylic acid groups (broad SMARTS) is 1. The molecule has 0 aromatic heterocycles. The van der Waals surface area contributed by atoms with E-state index >= 15 is 0 Å². The van der Waals surface area contributed by atoms with Crippen LogP contribution in [0.4, 0.5) is 9.18 Å². The molecule has 2 N–H and O–H groups in total. The molecule has 5 nitrogen and oxygen atoms in total. The Balaban J connectivity index is 1.88. The highest BCUT2D eigenvalue weighted by Crippen LogP contribution is 2.29. The van der Waals surface area contributed by atoms with Gasteiger partial charge in [-0.3, -0.25) is 4.79 Å². The number of carbonyl (C=O) groups is 2. The number of benzene rings is 1. The van der Waals surface area contributed by atoms with Gasteiger partial charge in [0.05, 0.1) is 0 Å². The zero-order valence-corrected chi connectivity index (χ0v) is 11.0. The maximum Gasteiger partial charge on any atom is 0.323 e. The summed E-state index contributed by atoms with van der Waals surface area (Å²) in [7, 11) is 0. The molecular formula is C14H17FN2O3. The van der Waals surface area contributed by atoms with Crippen LogP contribution in [0.5, 0.6) is 0 Å². The molecule has 20 heavy (non-hydrogen) atoms. The van der Waals surface area contributed by atoms with Gasteiger partial charge in [0.15, 0.2) is 0 Å². The summed E-state index contributed by atoms with van der Waals surface area (Å²) in [6.07, 6.45) is 2.07. The molecule has 1 aliphatic rings. The lowest BCUT2D eigenvalue weighted by molar-refractivity contribution is -0.137. The van der Waals surface area contributed by atoms with Crippen molar-refractivity contribution >= 4 is 12.0 Å². The van der Waals surface area contributed by atoms with Crippen LogP contribution < -0.4 is 5.32 Å². The van der Waals surface area contributed by atoms with Crippen LogP contribution in [0.1, 0.15) is 18.4 Å². The molecule has 2 rings (SSSR count). The van der Waals surface area contributed by atoms with Crippen LogP contribution in [0.15, 0.2) is 24.3 Å². The number of urea groups is 1. The van der Waals surface area contributed by atoms with Gasteiger partial charge in [-0.05, 0) is 36.5 Å². The van der Waals surface area contributed by atoms with Gasteiger partial charge in [-0.25, -0.2) is 9.18 Å². The first kappa shape index (κ1) is 14.3. The maximum atomic E-state index is 13.0. The molecule has 1 aromatic rings. The van der Waals surface area contributed by atoms with Gasteiger partial charge in [0.1, 0.15) is 12.4 Å². The third-order valence-electron chi connectivity index (χ3n) is 3.12. The Labute approximate surface area is 116 Å². The molecule has 0 aliphatic heterocycles. The maximum absolute atomic E-state index is 13.0. The topological polar surface area (TPSA) is 69.6 Å². The molecule has 0 heterocycles. The third kappa shape index (κ3) is 4.53. The van der Waals surface area contributed by atoms with E-state index in [0.29, 0.717) is 18.0 Å². The predicted molar refractivity (Wildman–Crippen MR) is 70.6 cm³/mol. The first-order valence-corrected chi connectivity index (χ1v) is 6.53. The van der Waals surface area contributed by atoms with Gasteiger partial charge in [-0.15, -0.1) is 0 Å². The molecule has 0 spiro atoms. The summed E-state index contributed by atoms with van der Waals surface area (Å²) >= 11 is 0. The van der Waals surface area contributed by atoms with Crippen LogP contribution in [-0.2, 0) is 11.3 Å². The molecule has 0 radical (unpaired) electrons. The van der Waals surface area contributed by atoms with Gasteiger partial charge < -0.3 is 15.3 Å². The minimum absolute atomic E-state index is 0.178. The number of hydrogen-bond acceptors (Lipinski definition) is 2. The summed E-state index contributed by atoms with van der Waals surface area (Å²) in [5.74, 6) is -0.988. The number of carbonyl (C=O) groups excluding carboxylic acids is 1. The first-order valence-electron chi connectivity index (χ1n) is 6.53. The Morgan fingerprint density at radius 3 is 2.75 bits per heavy atom. The lowest BCUT2D eigenvalue weighted by Crippen LogP contribution is -2.43. The zero-order valence-electron chi connectivity index (χ0n) is 11.0. The molecule has 0 atom stereocenters. The number of nitrogens with one attached hydrogen (secondary N) is 1. The Bertz CT molecular complexity index is 503. The number of aliphatic carboxylic acids is 1. The quantitative estimate of drug-likeness (QED) is 0.835. The van der Waals surface area contributed by atoms with Crippen LogP contribution in [0.2, 0.25) is 0 Å².